The van der Waals surface area contributed by atoms with Crippen molar-refractivity contribution in [1.29, 1.82) is 0 Å². The number of nitrogens with zero attached hydrogens (tertiary/aromatic N) is 3. The molecule has 0 saturated carbocycles. The van der Waals surface area contributed by atoms with E-state index in [0.29, 0.717) is 0 Å². The van der Waals surface area contributed by atoms with E-state index < -0.39 is 0 Å². The molecule has 18 aromatic carbocycles. The zero-order valence-corrected chi connectivity index (χ0v) is 52.1. The van der Waals surface area contributed by atoms with E-state index in [0.717, 1.165) is 22.6 Å². The van der Waals surface area contributed by atoms with Gasteiger partial charge in [0.1, 0.15) is 0 Å². The minimum atomic E-state index is -0.101. The predicted molar refractivity (Wildman–Crippen MR) is 402 cm³/mol. The van der Waals surface area contributed by atoms with E-state index in [1.807, 2.05) is 11.3 Å². The molecule has 2 aliphatic heterocycles. The van der Waals surface area contributed by atoms with Crippen molar-refractivity contribution in [2.75, 3.05) is 9.80 Å². The molecule has 2 aromatic heterocycles. The summed E-state index contributed by atoms with van der Waals surface area (Å²) in [5.41, 5.74) is 19.2. The van der Waals surface area contributed by atoms with Crippen molar-refractivity contribution in [3.63, 3.8) is 0 Å². The summed E-state index contributed by atoms with van der Waals surface area (Å²) in [6.07, 6.45) is 0. The van der Waals surface area contributed by atoms with Gasteiger partial charge in [0.25, 0.3) is 6.71 Å². The normalized spacial score (nSPS) is 13.5. The minimum absolute atomic E-state index is 0.0836. The predicted octanol–water partition coefficient (Wildman–Crippen LogP) is 22.8. The fraction of sp³-hybridized carbons (Fsp3) is 0.0455. The second-order valence-corrected chi connectivity index (χ2v) is 28.6. The second-order valence-electron chi connectivity index (χ2n) is 27.5. The number of thiophene rings is 1. The van der Waals surface area contributed by atoms with E-state index in [2.05, 4.69) is 308 Å². The zero-order chi connectivity index (χ0) is 60.9. The van der Waals surface area contributed by atoms with E-state index >= 15 is 0 Å². The highest BCUT2D eigenvalue weighted by molar-refractivity contribution is 7.33. The van der Waals surface area contributed by atoms with E-state index in [9.17, 15) is 0 Å². The van der Waals surface area contributed by atoms with Crippen molar-refractivity contribution >= 4 is 197 Å². The highest BCUT2D eigenvalue weighted by Crippen LogP contribution is 2.54. The molecular weight excluding hydrogens is 1140 g/mol. The lowest BCUT2D eigenvalue weighted by molar-refractivity contribution is 0.590. The summed E-state index contributed by atoms with van der Waals surface area (Å²) in [6, 6.07) is 105. The fourth-order valence-electron chi connectivity index (χ4n) is 17.5. The van der Waals surface area contributed by atoms with Crippen molar-refractivity contribution in [3.05, 3.63) is 279 Å². The van der Waals surface area contributed by atoms with Gasteiger partial charge in [0.05, 0.1) is 16.7 Å². The molecule has 2 aliphatic rings. The van der Waals surface area contributed by atoms with Gasteiger partial charge in [0, 0.05) is 59.8 Å². The molecule has 3 nitrogen and oxygen atoms in total. The van der Waals surface area contributed by atoms with Crippen LogP contribution in [-0.2, 0) is 5.41 Å². The quantitative estimate of drug-likeness (QED) is 0.0967. The number of anilines is 6. The van der Waals surface area contributed by atoms with Crippen molar-refractivity contribution < 1.29 is 0 Å². The third kappa shape index (κ3) is 6.69. The lowest BCUT2D eigenvalue weighted by Gasteiger charge is -2.44. The third-order valence-electron chi connectivity index (χ3n) is 21.6. The van der Waals surface area contributed by atoms with Gasteiger partial charge < -0.3 is 14.4 Å². The number of hydrogen-bond acceptors (Lipinski definition) is 3. The first-order valence-electron chi connectivity index (χ1n) is 32.7. The minimum Gasteiger partial charge on any atom is -0.311 e. The van der Waals surface area contributed by atoms with Crippen molar-refractivity contribution in [2.45, 2.75) is 26.2 Å². The Balaban J connectivity index is 0.845. The molecule has 93 heavy (non-hydrogen) atoms. The summed E-state index contributed by atoms with van der Waals surface area (Å²) in [5.74, 6) is 0. The van der Waals surface area contributed by atoms with Crippen LogP contribution in [0.2, 0.25) is 0 Å². The van der Waals surface area contributed by atoms with Crippen molar-refractivity contribution in [3.8, 4) is 27.9 Å². The van der Waals surface area contributed by atoms with Gasteiger partial charge >= 0.3 is 0 Å². The maximum Gasteiger partial charge on any atom is 0.264 e. The van der Waals surface area contributed by atoms with Gasteiger partial charge in [-0.3, -0.25) is 0 Å². The van der Waals surface area contributed by atoms with Gasteiger partial charge in [-0.05, 0) is 220 Å². The molecule has 0 aliphatic carbocycles. The Labute approximate surface area is 540 Å². The average molecular weight is 1200 g/mol. The summed E-state index contributed by atoms with van der Waals surface area (Å²) in [7, 11) is 0. The lowest BCUT2D eigenvalue weighted by Crippen LogP contribution is -2.60. The van der Waals surface area contributed by atoms with Crippen molar-refractivity contribution in [1.82, 2.24) is 4.57 Å². The van der Waals surface area contributed by atoms with Gasteiger partial charge in [-0.2, -0.15) is 0 Å². The van der Waals surface area contributed by atoms with Crippen LogP contribution in [0.1, 0.15) is 26.3 Å². The molecule has 0 atom stereocenters. The number of benzene rings is 18. The fourth-order valence-corrected chi connectivity index (χ4v) is 18.9. The number of para-hydroxylation sites is 2. The highest BCUT2D eigenvalue weighted by Gasteiger charge is 2.46. The SMILES string of the molecule is CC(C)(C)c1cccc(N2c3cc(-n4c5ccccc5c5ccccc54)ccc3B3c4sc5ccccc5c4N(c4cc5ccc6cccc7ccc(c4)c5c67)c4cc(-c5cccc(-c6cc7ccc8ccc9ccc%10ccc%11ccc6c6c%11c%10c9c8c76)c5)cc2c43)c1. The van der Waals surface area contributed by atoms with Crippen molar-refractivity contribution in [2.24, 2.45) is 0 Å². The molecule has 0 N–H and O–H groups in total. The van der Waals surface area contributed by atoms with Gasteiger partial charge in [-0.15, -0.1) is 11.3 Å². The van der Waals surface area contributed by atoms with Crippen LogP contribution in [0.25, 0.3) is 157 Å². The summed E-state index contributed by atoms with van der Waals surface area (Å²) in [6.45, 7) is 6.94. The van der Waals surface area contributed by atoms with Gasteiger partial charge in [0.15, 0.2) is 0 Å². The molecular formula is C88H54BN3S. The van der Waals surface area contributed by atoms with Crippen LogP contribution in [0.5, 0.6) is 0 Å². The Morgan fingerprint density at radius 2 is 0.849 bits per heavy atom. The first-order valence-corrected chi connectivity index (χ1v) is 33.5. The first-order chi connectivity index (χ1) is 45.7. The van der Waals surface area contributed by atoms with Crippen LogP contribution < -0.4 is 25.5 Å². The first kappa shape index (κ1) is 50.5. The zero-order valence-electron chi connectivity index (χ0n) is 51.3. The monoisotopic (exact) mass is 1200 g/mol. The van der Waals surface area contributed by atoms with Gasteiger partial charge in [-0.1, -0.05) is 215 Å². The molecule has 430 valence electrons. The Hall–Kier alpha value is -11.2. The number of aromatic nitrogens is 1. The average Bonchev–Trinajstić information content (AvgIpc) is 1.66. The van der Waals surface area contributed by atoms with Crippen LogP contribution >= 0.6 is 11.3 Å². The third-order valence-corrected chi connectivity index (χ3v) is 22.8. The number of rotatable bonds is 5. The largest absolute Gasteiger partial charge is 0.311 e. The molecule has 0 radical (unpaired) electrons. The van der Waals surface area contributed by atoms with Crippen LogP contribution in [0.4, 0.5) is 34.1 Å². The smallest absolute Gasteiger partial charge is 0.264 e. The molecule has 20 aromatic rings. The van der Waals surface area contributed by atoms with Crippen LogP contribution in [0.15, 0.2) is 273 Å². The second kappa shape index (κ2) is 17.8. The maximum atomic E-state index is 2.67. The number of hydrogen-bond donors (Lipinski definition) is 0. The van der Waals surface area contributed by atoms with E-state index in [1.165, 1.54) is 190 Å². The van der Waals surface area contributed by atoms with E-state index in [4.69, 9.17) is 0 Å². The molecule has 0 saturated heterocycles. The standard InChI is InChI=1S/C88H54BN3S/c1-88(2,3)61-17-12-18-62(47-61)91-73-48-63(90-71-22-7-4-19-65(71)66-20-5-8-23-72(66)90)38-40-70(73)89-85-74(91)45-60(46-75(85)92(86-68-21-6-9-24-76(68)93-87(86)89)64-42-57-34-31-49-13-10-14-50-32-35-58(43-64)78(57)77(49)50)55-15-11-16-56(41-55)69-44-59-36-33-53-28-26-51-25-27-52-29-30-54-37-39-67(69)84-82(54)80(52)79(51)81(53)83(59)84/h4-48H,1-3H3. The summed E-state index contributed by atoms with van der Waals surface area (Å²) >= 11 is 1.96. The molecule has 0 amide bonds. The summed E-state index contributed by atoms with van der Waals surface area (Å²) in [4.78, 5) is 5.31. The summed E-state index contributed by atoms with van der Waals surface area (Å²) < 4.78 is 5.13. The topological polar surface area (TPSA) is 11.4 Å². The molecule has 0 fully saturated rings. The maximum absolute atomic E-state index is 2.67. The molecule has 0 unspecified atom stereocenters. The molecule has 4 heterocycles. The highest BCUT2D eigenvalue weighted by atomic mass is 32.1. The molecule has 5 heteroatoms. The number of fused-ring (bicyclic) bond motifs is 9. The van der Waals surface area contributed by atoms with E-state index in [1.54, 1.807) is 0 Å². The van der Waals surface area contributed by atoms with Crippen LogP contribution in [0.3, 0.4) is 0 Å². The molecule has 0 bridgehead atoms. The van der Waals surface area contributed by atoms with Crippen LogP contribution in [-0.4, -0.2) is 11.3 Å². The van der Waals surface area contributed by atoms with Gasteiger partial charge in [-0.25, -0.2) is 0 Å². The lowest BCUT2D eigenvalue weighted by atomic mass is 9.36. The van der Waals surface area contributed by atoms with Gasteiger partial charge in [0.2, 0.25) is 0 Å². The molecule has 0 spiro atoms. The van der Waals surface area contributed by atoms with Crippen LogP contribution in [0, 0.1) is 0 Å². The summed E-state index contributed by atoms with van der Waals surface area (Å²) in [5, 5.41) is 27.5. The van der Waals surface area contributed by atoms with E-state index in [-0.39, 0.29) is 12.1 Å². The Bertz CT molecular complexity index is 6460. The molecule has 22 rings (SSSR count). The Kier molecular flexibility index (Phi) is 9.68. The Morgan fingerprint density at radius 3 is 1.52 bits per heavy atom. The Morgan fingerprint density at radius 1 is 0.323 bits per heavy atom.